The minimum absolute atomic E-state index is 0.225. The fourth-order valence-electron chi connectivity index (χ4n) is 2.65. The first-order valence-electron chi connectivity index (χ1n) is 7.33. The average Bonchev–Trinajstić information content (AvgIpc) is 2.92. The van der Waals surface area contributed by atoms with Gasteiger partial charge in [-0.05, 0) is 53.8 Å². The smallest absolute Gasteiger partial charge is 0.310 e. The van der Waals surface area contributed by atoms with E-state index in [0.717, 1.165) is 22.0 Å². The van der Waals surface area contributed by atoms with Crippen LogP contribution < -0.4 is 0 Å². The molecule has 22 heavy (non-hydrogen) atoms. The highest BCUT2D eigenvalue weighted by atomic mass is 16.5. The van der Waals surface area contributed by atoms with Gasteiger partial charge < -0.3 is 9.72 Å². The highest BCUT2D eigenvalue weighted by Crippen LogP contribution is 2.28. The van der Waals surface area contributed by atoms with Gasteiger partial charge in [-0.1, -0.05) is 24.3 Å². The van der Waals surface area contributed by atoms with Crippen LogP contribution in [0.1, 0.15) is 16.7 Å². The molecule has 0 unspecified atom stereocenters. The van der Waals surface area contributed by atoms with E-state index in [-0.39, 0.29) is 12.4 Å². The lowest BCUT2D eigenvalue weighted by Gasteiger charge is -2.06. The average molecular weight is 293 g/mol. The molecule has 0 aliphatic rings. The van der Waals surface area contributed by atoms with Crippen LogP contribution in [0.25, 0.3) is 22.0 Å². The number of aryl methyl sites for hydroxylation is 2. The monoisotopic (exact) mass is 293 g/mol. The number of carbonyl (C=O) groups excluding carboxylic acids is 1. The molecule has 112 valence electrons. The lowest BCUT2D eigenvalue weighted by molar-refractivity contribution is -0.139. The Morgan fingerprint density at radius 2 is 1.77 bits per heavy atom. The van der Waals surface area contributed by atoms with Crippen LogP contribution in [0.4, 0.5) is 0 Å². The number of hydrogen-bond donors (Lipinski definition) is 1. The van der Waals surface area contributed by atoms with Gasteiger partial charge in [-0.15, -0.1) is 0 Å². The second kappa shape index (κ2) is 5.68. The zero-order valence-corrected chi connectivity index (χ0v) is 13.1. The first-order valence-corrected chi connectivity index (χ1v) is 7.33. The van der Waals surface area contributed by atoms with Crippen molar-refractivity contribution in [2.45, 2.75) is 20.3 Å². The molecule has 0 amide bonds. The number of ether oxygens (including phenoxy) is 1. The molecule has 0 atom stereocenters. The number of aromatic nitrogens is 1. The van der Waals surface area contributed by atoms with Crippen LogP contribution in [0.15, 0.2) is 42.6 Å². The molecule has 0 fully saturated rings. The number of esters is 1. The molecule has 0 aliphatic heterocycles. The number of hydrogen-bond acceptors (Lipinski definition) is 2. The Bertz CT molecular complexity index is 846. The van der Waals surface area contributed by atoms with Gasteiger partial charge in [0.2, 0.25) is 0 Å². The lowest BCUT2D eigenvalue weighted by atomic mass is 9.98. The van der Waals surface area contributed by atoms with Crippen molar-refractivity contribution in [2.24, 2.45) is 0 Å². The summed E-state index contributed by atoms with van der Waals surface area (Å²) < 4.78 is 4.76. The fraction of sp³-hybridized carbons (Fsp3) is 0.211. The number of nitrogens with one attached hydrogen (secondary N) is 1. The second-order valence-corrected chi connectivity index (χ2v) is 5.63. The van der Waals surface area contributed by atoms with E-state index in [1.54, 1.807) is 0 Å². The van der Waals surface area contributed by atoms with E-state index in [0.29, 0.717) is 0 Å². The van der Waals surface area contributed by atoms with Gasteiger partial charge in [-0.25, -0.2) is 0 Å². The first kappa shape index (κ1) is 14.4. The standard InChI is InChI=1S/C19H19NO2/c1-12-4-5-14(8-13(12)2)15-6-7-18-17(9-15)16(11-20-18)10-19(21)22-3/h4-9,11,20H,10H2,1-3H3. The summed E-state index contributed by atoms with van der Waals surface area (Å²) in [7, 11) is 1.41. The van der Waals surface area contributed by atoms with E-state index in [9.17, 15) is 4.79 Å². The van der Waals surface area contributed by atoms with Crippen LogP contribution in [-0.2, 0) is 16.0 Å². The topological polar surface area (TPSA) is 42.1 Å². The molecule has 0 bridgehead atoms. The highest BCUT2D eigenvalue weighted by molar-refractivity contribution is 5.90. The molecular formula is C19H19NO2. The molecule has 3 heteroatoms. The van der Waals surface area contributed by atoms with Crippen LogP contribution in [0.2, 0.25) is 0 Å². The van der Waals surface area contributed by atoms with E-state index in [2.05, 4.69) is 55.2 Å². The van der Waals surface area contributed by atoms with Gasteiger partial charge in [-0.2, -0.15) is 0 Å². The molecule has 0 radical (unpaired) electrons. The number of carbonyl (C=O) groups is 1. The normalized spacial score (nSPS) is 10.9. The minimum Gasteiger partial charge on any atom is -0.469 e. The molecule has 0 aliphatic carbocycles. The maximum Gasteiger partial charge on any atom is 0.310 e. The highest BCUT2D eigenvalue weighted by Gasteiger charge is 2.10. The molecule has 1 heterocycles. The van der Waals surface area contributed by atoms with E-state index < -0.39 is 0 Å². The van der Waals surface area contributed by atoms with Gasteiger partial charge in [0.15, 0.2) is 0 Å². The van der Waals surface area contributed by atoms with Gasteiger partial charge in [-0.3, -0.25) is 4.79 Å². The van der Waals surface area contributed by atoms with Crippen molar-refractivity contribution < 1.29 is 9.53 Å². The molecular weight excluding hydrogens is 274 g/mol. The summed E-state index contributed by atoms with van der Waals surface area (Å²) >= 11 is 0. The predicted molar refractivity (Wildman–Crippen MR) is 88.9 cm³/mol. The maximum absolute atomic E-state index is 11.5. The second-order valence-electron chi connectivity index (χ2n) is 5.63. The quantitative estimate of drug-likeness (QED) is 0.736. The summed E-state index contributed by atoms with van der Waals surface area (Å²) in [4.78, 5) is 14.7. The molecule has 3 rings (SSSR count). The van der Waals surface area contributed by atoms with E-state index >= 15 is 0 Å². The fourth-order valence-corrected chi connectivity index (χ4v) is 2.65. The molecule has 0 spiro atoms. The third-order valence-electron chi connectivity index (χ3n) is 4.17. The number of methoxy groups -OCH3 is 1. The summed E-state index contributed by atoms with van der Waals surface area (Å²) in [6, 6.07) is 12.8. The van der Waals surface area contributed by atoms with Crippen LogP contribution in [-0.4, -0.2) is 18.1 Å². The number of aromatic amines is 1. The van der Waals surface area contributed by atoms with E-state index in [4.69, 9.17) is 4.74 Å². The van der Waals surface area contributed by atoms with Gasteiger partial charge >= 0.3 is 5.97 Å². The van der Waals surface area contributed by atoms with Gasteiger partial charge in [0, 0.05) is 17.1 Å². The first-order chi connectivity index (χ1) is 10.6. The van der Waals surface area contributed by atoms with Crippen molar-refractivity contribution in [2.75, 3.05) is 7.11 Å². The third-order valence-corrected chi connectivity index (χ3v) is 4.17. The van der Waals surface area contributed by atoms with Gasteiger partial charge in [0.25, 0.3) is 0 Å². The number of H-pyrrole nitrogens is 1. The van der Waals surface area contributed by atoms with Crippen molar-refractivity contribution in [3.63, 3.8) is 0 Å². The number of rotatable bonds is 3. The Balaban J connectivity index is 2.06. The summed E-state index contributed by atoms with van der Waals surface area (Å²) in [5.74, 6) is -0.225. The van der Waals surface area contributed by atoms with Crippen molar-refractivity contribution in [3.8, 4) is 11.1 Å². The summed E-state index contributed by atoms with van der Waals surface area (Å²) in [6.45, 7) is 4.24. The Labute approximate surface area is 129 Å². The van der Waals surface area contributed by atoms with Crippen LogP contribution in [0.3, 0.4) is 0 Å². The van der Waals surface area contributed by atoms with Crippen molar-refractivity contribution in [1.29, 1.82) is 0 Å². The van der Waals surface area contributed by atoms with E-state index in [1.165, 1.54) is 23.8 Å². The summed E-state index contributed by atoms with van der Waals surface area (Å²) in [5, 5.41) is 1.07. The molecule has 3 aromatic rings. The van der Waals surface area contributed by atoms with E-state index in [1.807, 2.05) is 6.20 Å². The molecule has 0 saturated carbocycles. The number of benzene rings is 2. The maximum atomic E-state index is 11.5. The Hall–Kier alpha value is -2.55. The zero-order chi connectivity index (χ0) is 15.7. The lowest BCUT2D eigenvalue weighted by Crippen LogP contribution is -2.03. The Kier molecular flexibility index (Phi) is 3.72. The van der Waals surface area contributed by atoms with Gasteiger partial charge in [0.1, 0.15) is 0 Å². The van der Waals surface area contributed by atoms with Crippen molar-refractivity contribution in [1.82, 2.24) is 4.98 Å². The molecule has 3 nitrogen and oxygen atoms in total. The van der Waals surface area contributed by atoms with Crippen LogP contribution in [0, 0.1) is 13.8 Å². The molecule has 2 aromatic carbocycles. The number of fused-ring (bicyclic) bond motifs is 1. The molecule has 0 saturated heterocycles. The molecule has 1 N–H and O–H groups in total. The van der Waals surface area contributed by atoms with Crippen LogP contribution in [0.5, 0.6) is 0 Å². The largest absolute Gasteiger partial charge is 0.469 e. The predicted octanol–water partition coefficient (Wildman–Crippen LogP) is 4.17. The Morgan fingerprint density at radius 3 is 2.50 bits per heavy atom. The van der Waals surface area contributed by atoms with Crippen LogP contribution >= 0.6 is 0 Å². The Morgan fingerprint density at radius 1 is 1.05 bits per heavy atom. The summed E-state index contributed by atoms with van der Waals surface area (Å²) in [6.07, 6.45) is 2.17. The molecule has 1 aromatic heterocycles. The van der Waals surface area contributed by atoms with Crippen molar-refractivity contribution in [3.05, 3.63) is 59.3 Å². The van der Waals surface area contributed by atoms with Crippen molar-refractivity contribution >= 4 is 16.9 Å². The third kappa shape index (κ3) is 2.62. The zero-order valence-electron chi connectivity index (χ0n) is 13.1. The minimum atomic E-state index is -0.225. The van der Waals surface area contributed by atoms with Gasteiger partial charge in [0.05, 0.1) is 13.5 Å². The SMILES string of the molecule is COC(=O)Cc1c[nH]c2ccc(-c3ccc(C)c(C)c3)cc12. The summed E-state index contributed by atoms with van der Waals surface area (Å²) in [5.41, 5.74) is 6.91.